The van der Waals surface area contributed by atoms with E-state index >= 15 is 0 Å². The molecule has 0 radical (unpaired) electrons. The molecule has 5 nitrogen and oxygen atoms in total. The molecule has 0 aromatic heterocycles. The zero-order valence-corrected chi connectivity index (χ0v) is 17.2. The number of benzene rings is 2. The van der Waals surface area contributed by atoms with Crippen LogP contribution in [-0.4, -0.2) is 43.2 Å². The fraction of sp³-hybridized carbons (Fsp3) is 0.435. The average Bonchev–Trinajstić information content (AvgIpc) is 2.69. The Bertz CT molecular complexity index is 752. The van der Waals surface area contributed by atoms with Crippen LogP contribution in [-0.2, 0) is 24.4 Å². The number of ether oxygens (including phenoxy) is 1. The van der Waals surface area contributed by atoms with Gasteiger partial charge >= 0.3 is 0 Å². The summed E-state index contributed by atoms with van der Waals surface area (Å²) in [7, 11) is 1.81. The minimum absolute atomic E-state index is 0.287. The van der Waals surface area contributed by atoms with Crippen LogP contribution in [0.1, 0.15) is 30.5 Å². The Kier molecular flexibility index (Phi) is 7.46. The minimum Gasteiger partial charge on any atom is -0.373 e. The fourth-order valence-corrected chi connectivity index (χ4v) is 3.72. The lowest BCUT2D eigenvalue weighted by atomic mass is 10.1. The van der Waals surface area contributed by atoms with Crippen LogP contribution in [0.5, 0.6) is 0 Å². The SMILES string of the molecule is CN=C(NCc1ccccc1)NCc1ccccc1CN1CC(C)OC(C)C1. The number of nitrogens with one attached hydrogen (secondary N) is 2. The summed E-state index contributed by atoms with van der Waals surface area (Å²) in [6.45, 7) is 8.72. The predicted molar refractivity (Wildman–Crippen MR) is 115 cm³/mol. The van der Waals surface area contributed by atoms with Crippen LogP contribution in [0, 0.1) is 0 Å². The molecular formula is C23H32N4O. The van der Waals surface area contributed by atoms with Gasteiger partial charge < -0.3 is 15.4 Å². The molecule has 5 heteroatoms. The van der Waals surface area contributed by atoms with Gasteiger partial charge in [-0.15, -0.1) is 0 Å². The van der Waals surface area contributed by atoms with Crippen molar-refractivity contribution in [2.45, 2.75) is 45.7 Å². The molecule has 2 unspecified atom stereocenters. The maximum Gasteiger partial charge on any atom is 0.191 e. The molecule has 0 spiro atoms. The third-order valence-corrected chi connectivity index (χ3v) is 4.98. The van der Waals surface area contributed by atoms with Gasteiger partial charge in [-0.2, -0.15) is 0 Å². The molecule has 28 heavy (non-hydrogen) atoms. The average molecular weight is 381 g/mol. The van der Waals surface area contributed by atoms with Crippen LogP contribution in [0.15, 0.2) is 59.6 Å². The number of aliphatic imine (C=N–C) groups is 1. The second kappa shape index (κ2) is 10.2. The van der Waals surface area contributed by atoms with Gasteiger partial charge in [-0.3, -0.25) is 9.89 Å². The van der Waals surface area contributed by atoms with Crippen molar-refractivity contribution >= 4 is 5.96 Å². The molecular weight excluding hydrogens is 348 g/mol. The molecule has 1 fully saturated rings. The zero-order chi connectivity index (χ0) is 19.8. The molecule has 0 amide bonds. The highest BCUT2D eigenvalue weighted by Crippen LogP contribution is 2.17. The second-order valence-electron chi connectivity index (χ2n) is 7.49. The molecule has 2 N–H and O–H groups in total. The summed E-state index contributed by atoms with van der Waals surface area (Å²) in [5.74, 6) is 0.812. The van der Waals surface area contributed by atoms with Gasteiger partial charge in [-0.25, -0.2) is 0 Å². The van der Waals surface area contributed by atoms with E-state index in [4.69, 9.17) is 4.74 Å². The van der Waals surface area contributed by atoms with E-state index in [0.717, 1.165) is 38.7 Å². The van der Waals surface area contributed by atoms with E-state index in [-0.39, 0.29) is 12.2 Å². The second-order valence-corrected chi connectivity index (χ2v) is 7.49. The lowest BCUT2D eigenvalue weighted by Crippen LogP contribution is -2.45. The van der Waals surface area contributed by atoms with Crippen LogP contribution < -0.4 is 10.6 Å². The molecule has 2 aromatic carbocycles. The highest BCUT2D eigenvalue weighted by molar-refractivity contribution is 5.79. The first kappa shape index (κ1) is 20.4. The highest BCUT2D eigenvalue weighted by atomic mass is 16.5. The van der Waals surface area contributed by atoms with Crippen LogP contribution in [0.2, 0.25) is 0 Å². The third kappa shape index (κ3) is 6.08. The quantitative estimate of drug-likeness (QED) is 0.597. The maximum atomic E-state index is 5.86. The monoisotopic (exact) mass is 380 g/mol. The number of nitrogens with zero attached hydrogens (tertiary/aromatic N) is 2. The first-order valence-electron chi connectivity index (χ1n) is 10.1. The lowest BCUT2D eigenvalue weighted by molar-refractivity contribution is -0.0705. The molecule has 1 saturated heterocycles. The normalized spacial score (nSPS) is 20.8. The van der Waals surface area contributed by atoms with Crippen molar-refractivity contribution in [2.24, 2.45) is 4.99 Å². The number of morpholine rings is 1. The van der Waals surface area contributed by atoms with Crippen molar-refractivity contribution in [1.82, 2.24) is 15.5 Å². The summed E-state index contributed by atoms with van der Waals surface area (Å²) in [5, 5.41) is 6.83. The van der Waals surface area contributed by atoms with E-state index in [2.05, 4.69) is 82.9 Å². The van der Waals surface area contributed by atoms with E-state index in [1.54, 1.807) is 0 Å². The summed E-state index contributed by atoms with van der Waals surface area (Å²) < 4.78 is 5.86. The maximum absolute atomic E-state index is 5.86. The summed E-state index contributed by atoms with van der Waals surface area (Å²) >= 11 is 0. The minimum atomic E-state index is 0.287. The Morgan fingerprint density at radius 2 is 1.54 bits per heavy atom. The Hall–Kier alpha value is -2.37. The smallest absolute Gasteiger partial charge is 0.191 e. The molecule has 1 heterocycles. The van der Waals surface area contributed by atoms with Crippen LogP contribution in [0.4, 0.5) is 0 Å². The standard InChI is InChI=1S/C23H32N4O/c1-18-15-27(16-19(2)28-18)17-22-12-8-7-11-21(22)14-26-23(24-3)25-13-20-9-5-4-6-10-20/h4-12,18-19H,13-17H2,1-3H3,(H2,24,25,26). The van der Waals surface area contributed by atoms with Gasteiger partial charge in [0.1, 0.15) is 0 Å². The highest BCUT2D eigenvalue weighted by Gasteiger charge is 2.22. The van der Waals surface area contributed by atoms with Crippen LogP contribution in [0.25, 0.3) is 0 Å². The van der Waals surface area contributed by atoms with Crippen molar-refractivity contribution in [2.75, 3.05) is 20.1 Å². The molecule has 0 aliphatic carbocycles. The third-order valence-electron chi connectivity index (χ3n) is 4.98. The van der Waals surface area contributed by atoms with Gasteiger partial charge in [0, 0.05) is 39.8 Å². The number of rotatable bonds is 6. The van der Waals surface area contributed by atoms with E-state index in [9.17, 15) is 0 Å². The Labute approximate surface area is 168 Å². The molecule has 1 aliphatic rings. The molecule has 2 aromatic rings. The van der Waals surface area contributed by atoms with Crippen molar-refractivity contribution in [3.8, 4) is 0 Å². The summed E-state index contributed by atoms with van der Waals surface area (Å²) in [5.41, 5.74) is 3.90. The summed E-state index contributed by atoms with van der Waals surface area (Å²) in [6, 6.07) is 19.0. The first-order chi connectivity index (χ1) is 13.6. The summed E-state index contributed by atoms with van der Waals surface area (Å²) in [6.07, 6.45) is 0.574. The molecule has 3 rings (SSSR count). The summed E-state index contributed by atoms with van der Waals surface area (Å²) in [4.78, 5) is 6.84. The van der Waals surface area contributed by atoms with Crippen molar-refractivity contribution < 1.29 is 4.74 Å². The van der Waals surface area contributed by atoms with Gasteiger partial charge in [0.05, 0.1) is 12.2 Å². The predicted octanol–water partition coefficient (Wildman–Crippen LogP) is 3.16. The Morgan fingerprint density at radius 3 is 2.21 bits per heavy atom. The molecule has 0 saturated carbocycles. The van der Waals surface area contributed by atoms with Crippen molar-refractivity contribution in [3.63, 3.8) is 0 Å². The van der Waals surface area contributed by atoms with Gasteiger partial charge in [0.25, 0.3) is 0 Å². The number of guanidine groups is 1. The van der Waals surface area contributed by atoms with Crippen LogP contribution in [0.3, 0.4) is 0 Å². The van der Waals surface area contributed by atoms with Crippen LogP contribution >= 0.6 is 0 Å². The van der Waals surface area contributed by atoms with E-state index in [1.165, 1.54) is 16.7 Å². The largest absolute Gasteiger partial charge is 0.373 e. The zero-order valence-electron chi connectivity index (χ0n) is 17.2. The fourth-order valence-electron chi connectivity index (χ4n) is 3.72. The lowest BCUT2D eigenvalue weighted by Gasteiger charge is -2.35. The van der Waals surface area contributed by atoms with E-state index < -0.39 is 0 Å². The molecule has 2 atom stereocenters. The van der Waals surface area contributed by atoms with Gasteiger partial charge in [0.15, 0.2) is 5.96 Å². The molecule has 1 aliphatic heterocycles. The topological polar surface area (TPSA) is 48.9 Å². The van der Waals surface area contributed by atoms with E-state index in [1.807, 2.05) is 13.1 Å². The molecule has 150 valence electrons. The van der Waals surface area contributed by atoms with Gasteiger partial charge in [0.2, 0.25) is 0 Å². The number of hydrogen-bond acceptors (Lipinski definition) is 3. The van der Waals surface area contributed by atoms with Gasteiger partial charge in [-0.05, 0) is 30.5 Å². The number of hydrogen-bond donors (Lipinski definition) is 2. The molecule has 0 bridgehead atoms. The van der Waals surface area contributed by atoms with E-state index in [0.29, 0.717) is 0 Å². The Morgan fingerprint density at radius 1 is 0.929 bits per heavy atom. The van der Waals surface area contributed by atoms with Crippen molar-refractivity contribution in [3.05, 3.63) is 71.3 Å². The van der Waals surface area contributed by atoms with Crippen molar-refractivity contribution in [1.29, 1.82) is 0 Å². The Balaban J connectivity index is 1.56. The van der Waals surface area contributed by atoms with Gasteiger partial charge in [-0.1, -0.05) is 54.6 Å². The first-order valence-corrected chi connectivity index (χ1v) is 10.1.